The van der Waals surface area contributed by atoms with E-state index in [1.54, 1.807) is 0 Å². The van der Waals surface area contributed by atoms with Crippen LogP contribution < -0.4 is 0 Å². The molecule has 266 valence electrons. The van der Waals surface area contributed by atoms with Crippen LogP contribution in [0.2, 0.25) is 0 Å². The Morgan fingerprint density at radius 3 is 1.22 bits per heavy atom. The average molecular weight is 731 g/mol. The maximum Gasteiger partial charge on any atom is -0.00199 e. The van der Waals surface area contributed by atoms with Gasteiger partial charge in [-0.25, -0.2) is 0 Å². The maximum absolute atomic E-state index is 2.51. The summed E-state index contributed by atoms with van der Waals surface area (Å²) in [6, 6.07) is 77.4. The minimum atomic E-state index is 1.23. The van der Waals surface area contributed by atoms with Crippen molar-refractivity contribution in [3.63, 3.8) is 0 Å². The van der Waals surface area contributed by atoms with Crippen LogP contribution in [0.15, 0.2) is 206 Å². The van der Waals surface area contributed by atoms with E-state index >= 15 is 0 Å². The third-order valence-corrected chi connectivity index (χ3v) is 13.0. The molecule has 58 heavy (non-hydrogen) atoms. The van der Waals surface area contributed by atoms with Gasteiger partial charge in [0.25, 0.3) is 0 Å². The molecule has 0 heterocycles. The smallest absolute Gasteiger partial charge is 0.00199 e. The zero-order valence-electron chi connectivity index (χ0n) is 31.6. The SMILES string of the molecule is c1ccc(-c2ccc3ccc4cccc5ccc2c3c45)c(-c2cc(-c3cccc4ccccc34)c(-c3ccc4ccc5cccc6ccc3c4c56)c3ccccc23)c1. The Kier molecular flexibility index (Phi) is 6.54. The van der Waals surface area contributed by atoms with E-state index in [0.29, 0.717) is 0 Å². The van der Waals surface area contributed by atoms with E-state index < -0.39 is 0 Å². The summed E-state index contributed by atoms with van der Waals surface area (Å²) in [5.41, 5.74) is 9.98. The fraction of sp³-hybridized carbons (Fsp3) is 0. The molecule has 13 aromatic rings. The molecule has 0 nitrogen and oxygen atoms in total. The molecule has 0 aliphatic carbocycles. The molecule has 0 aromatic heterocycles. The predicted octanol–water partition coefficient (Wildman–Crippen LogP) is 16.5. The fourth-order valence-electron chi connectivity index (χ4n) is 10.4. The topological polar surface area (TPSA) is 0 Å². The van der Waals surface area contributed by atoms with Gasteiger partial charge in [-0.1, -0.05) is 200 Å². The summed E-state index contributed by atoms with van der Waals surface area (Å²) in [6.07, 6.45) is 0. The molecule has 13 rings (SSSR count). The molecule has 0 saturated carbocycles. The van der Waals surface area contributed by atoms with Crippen molar-refractivity contribution in [1.29, 1.82) is 0 Å². The molecule has 0 fully saturated rings. The molecule has 0 aliphatic heterocycles. The van der Waals surface area contributed by atoms with Crippen molar-refractivity contribution in [2.45, 2.75) is 0 Å². The summed E-state index contributed by atoms with van der Waals surface area (Å²) < 4.78 is 0. The van der Waals surface area contributed by atoms with Crippen LogP contribution in [0, 0.1) is 0 Å². The van der Waals surface area contributed by atoms with Crippen LogP contribution in [0.25, 0.3) is 131 Å². The Balaban J connectivity index is 1.15. The van der Waals surface area contributed by atoms with Crippen LogP contribution in [-0.2, 0) is 0 Å². The largest absolute Gasteiger partial charge is 0.0616 e. The molecule has 0 atom stereocenters. The van der Waals surface area contributed by atoms with Crippen LogP contribution >= 0.6 is 0 Å². The molecule has 0 spiro atoms. The highest BCUT2D eigenvalue weighted by Gasteiger charge is 2.23. The van der Waals surface area contributed by atoms with Crippen LogP contribution in [0.5, 0.6) is 0 Å². The molecule has 0 heteroatoms. The molecule has 13 aromatic carbocycles. The first-order chi connectivity index (χ1) is 28.8. The molecule has 0 saturated heterocycles. The summed E-state index contributed by atoms with van der Waals surface area (Å²) in [5.74, 6) is 0. The summed E-state index contributed by atoms with van der Waals surface area (Å²) in [4.78, 5) is 0. The Bertz CT molecular complexity index is 3750. The highest BCUT2D eigenvalue weighted by Crippen LogP contribution is 2.50. The van der Waals surface area contributed by atoms with E-state index in [9.17, 15) is 0 Å². The molecular formula is C58H34. The van der Waals surface area contributed by atoms with E-state index in [4.69, 9.17) is 0 Å². The van der Waals surface area contributed by atoms with Gasteiger partial charge in [-0.2, -0.15) is 0 Å². The second-order valence-electron chi connectivity index (χ2n) is 15.9. The zero-order chi connectivity index (χ0) is 37.9. The summed E-state index contributed by atoms with van der Waals surface area (Å²) >= 11 is 0. The maximum atomic E-state index is 2.51. The first kappa shape index (κ1) is 31.6. The molecule has 0 unspecified atom stereocenters. The van der Waals surface area contributed by atoms with Gasteiger partial charge in [0.05, 0.1) is 0 Å². The van der Waals surface area contributed by atoms with Crippen LogP contribution in [-0.4, -0.2) is 0 Å². The minimum absolute atomic E-state index is 1.23. The molecular weight excluding hydrogens is 697 g/mol. The van der Waals surface area contributed by atoms with Crippen molar-refractivity contribution >= 4 is 86.2 Å². The average Bonchev–Trinajstić information content (AvgIpc) is 3.29. The molecule has 0 N–H and O–H groups in total. The van der Waals surface area contributed by atoms with Gasteiger partial charge in [-0.15, -0.1) is 0 Å². The van der Waals surface area contributed by atoms with Gasteiger partial charge in [0, 0.05) is 0 Å². The van der Waals surface area contributed by atoms with Crippen LogP contribution in [0.1, 0.15) is 0 Å². The number of fused-ring (bicyclic) bond motifs is 2. The van der Waals surface area contributed by atoms with Crippen molar-refractivity contribution in [2.24, 2.45) is 0 Å². The lowest BCUT2D eigenvalue weighted by atomic mass is 9.80. The van der Waals surface area contributed by atoms with Gasteiger partial charge in [-0.3, -0.25) is 0 Å². The van der Waals surface area contributed by atoms with E-state index in [-0.39, 0.29) is 0 Å². The van der Waals surface area contributed by atoms with Gasteiger partial charge in [0.2, 0.25) is 0 Å². The summed E-state index contributed by atoms with van der Waals surface area (Å²) in [5, 5.41) is 20.6. The third kappa shape index (κ3) is 4.40. The Hall–Kier alpha value is -7.54. The number of rotatable bonds is 4. The highest BCUT2D eigenvalue weighted by molar-refractivity contribution is 6.29. The van der Waals surface area contributed by atoms with Crippen molar-refractivity contribution < 1.29 is 0 Å². The number of hydrogen-bond acceptors (Lipinski definition) is 0. The summed E-state index contributed by atoms with van der Waals surface area (Å²) in [7, 11) is 0. The van der Waals surface area contributed by atoms with Crippen LogP contribution in [0.3, 0.4) is 0 Å². The standard InChI is InChI=1S/C58H34/c1-2-16-42-35(10-1)11-9-21-43(42)53-34-52(45-18-4-3-17-44(45)47-30-26-40-24-22-36-12-7-14-38-27-31-49(47)56(40)54(36)38)46-19-5-6-20-48(46)58(53)51-33-29-41-25-23-37-13-8-15-39-28-32-50(51)57(41)55(37)39/h1-34H. The molecule has 0 amide bonds. The second kappa shape index (κ2) is 12.0. The van der Waals surface area contributed by atoms with Gasteiger partial charge in [-0.05, 0) is 137 Å². The monoisotopic (exact) mass is 730 g/mol. The molecule has 0 radical (unpaired) electrons. The second-order valence-corrected chi connectivity index (χ2v) is 15.9. The quantitative estimate of drug-likeness (QED) is 0.158. The van der Waals surface area contributed by atoms with E-state index in [1.807, 2.05) is 0 Å². The van der Waals surface area contributed by atoms with Crippen molar-refractivity contribution in [2.75, 3.05) is 0 Å². The van der Waals surface area contributed by atoms with Crippen molar-refractivity contribution in [1.82, 2.24) is 0 Å². The van der Waals surface area contributed by atoms with Gasteiger partial charge in [0.1, 0.15) is 0 Å². The minimum Gasteiger partial charge on any atom is -0.0616 e. The van der Waals surface area contributed by atoms with E-state index in [1.165, 1.54) is 131 Å². The predicted molar refractivity (Wildman–Crippen MR) is 251 cm³/mol. The third-order valence-electron chi connectivity index (χ3n) is 13.0. The first-order valence-corrected chi connectivity index (χ1v) is 20.3. The first-order valence-electron chi connectivity index (χ1n) is 20.3. The van der Waals surface area contributed by atoms with E-state index in [2.05, 4.69) is 206 Å². The molecule has 0 bridgehead atoms. The van der Waals surface area contributed by atoms with Gasteiger partial charge >= 0.3 is 0 Å². The zero-order valence-corrected chi connectivity index (χ0v) is 31.6. The van der Waals surface area contributed by atoms with Gasteiger partial charge < -0.3 is 0 Å². The number of hydrogen-bond donors (Lipinski definition) is 0. The van der Waals surface area contributed by atoms with E-state index in [0.717, 1.165) is 0 Å². The lowest BCUT2D eigenvalue weighted by Gasteiger charge is -2.22. The fourth-order valence-corrected chi connectivity index (χ4v) is 10.4. The normalized spacial score (nSPS) is 12.1. The summed E-state index contributed by atoms with van der Waals surface area (Å²) in [6.45, 7) is 0. The van der Waals surface area contributed by atoms with Gasteiger partial charge in [0.15, 0.2) is 0 Å². The Morgan fingerprint density at radius 1 is 0.172 bits per heavy atom. The Labute approximate surface area is 335 Å². The van der Waals surface area contributed by atoms with Crippen molar-refractivity contribution in [3.8, 4) is 44.5 Å². The molecule has 0 aliphatic rings. The number of benzene rings is 13. The lowest BCUT2D eigenvalue weighted by Crippen LogP contribution is -1.95. The van der Waals surface area contributed by atoms with Crippen molar-refractivity contribution in [3.05, 3.63) is 206 Å². The lowest BCUT2D eigenvalue weighted by molar-refractivity contribution is 1.61. The highest BCUT2D eigenvalue weighted by atomic mass is 14.3. The Morgan fingerprint density at radius 2 is 0.569 bits per heavy atom. The van der Waals surface area contributed by atoms with Crippen LogP contribution in [0.4, 0.5) is 0 Å².